The highest BCUT2D eigenvalue weighted by molar-refractivity contribution is 8.00. The number of sulfonamides is 1. The van der Waals surface area contributed by atoms with Gasteiger partial charge >= 0.3 is 0 Å². The normalized spacial score (nSPS) is 15.2. The van der Waals surface area contributed by atoms with Crippen molar-refractivity contribution in [3.05, 3.63) is 126 Å². The number of anilines is 2. The first kappa shape index (κ1) is 31.4. The van der Waals surface area contributed by atoms with Crippen LogP contribution in [0.5, 0.6) is 0 Å². The highest BCUT2D eigenvalue weighted by Crippen LogP contribution is 2.34. The Kier molecular flexibility index (Phi) is 9.28. The minimum absolute atomic E-state index is 0.0345. The maximum atomic E-state index is 13.3. The first-order valence-electron chi connectivity index (χ1n) is 13.7. The quantitative estimate of drug-likeness (QED) is 0.180. The zero-order chi connectivity index (χ0) is 32.1. The summed E-state index contributed by atoms with van der Waals surface area (Å²) in [6, 6.07) is 28.0. The molecule has 0 aliphatic carbocycles. The summed E-state index contributed by atoms with van der Waals surface area (Å²) in [6.07, 6.45) is 1.56. The predicted molar refractivity (Wildman–Crippen MR) is 173 cm³/mol. The number of imide groups is 1. The summed E-state index contributed by atoms with van der Waals surface area (Å²) in [5.41, 5.74) is 2.96. The van der Waals surface area contributed by atoms with E-state index in [1.807, 2.05) is 31.2 Å². The Balaban J connectivity index is 1.27. The van der Waals surface area contributed by atoms with Crippen molar-refractivity contribution in [2.24, 2.45) is 5.14 Å². The number of carbonyl (C=O) groups excluding carboxylic acids is 4. The molecular formula is C33H28N4O6S2. The van der Waals surface area contributed by atoms with Crippen molar-refractivity contribution >= 4 is 62.9 Å². The second-order valence-corrected chi connectivity index (χ2v) is 13.0. The van der Waals surface area contributed by atoms with Crippen molar-refractivity contribution in [3.63, 3.8) is 0 Å². The van der Waals surface area contributed by atoms with Gasteiger partial charge < -0.3 is 10.6 Å². The van der Waals surface area contributed by atoms with Crippen LogP contribution >= 0.6 is 11.8 Å². The number of hydrogen-bond donors (Lipinski definition) is 3. The van der Waals surface area contributed by atoms with Crippen molar-refractivity contribution in [1.82, 2.24) is 5.32 Å². The molecule has 228 valence electrons. The molecule has 4 amide bonds. The molecule has 0 spiro atoms. The molecule has 12 heteroatoms. The fourth-order valence-corrected chi connectivity index (χ4v) is 6.07. The van der Waals surface area contributed by atoms with Crippen LogP contribution in [0.15, 0.2) is 119 Å². The number of benzene rings is 4. The Morgan fingerprint density at radius 1 is 0.889 bits per heavy atom. The number of amides is 4. The van der Waals surface area contributed by atoms with E-state index in [9.17, 15) is 27.6 Å². The van der Waals surface area contributed by atoms with Gasteiger partial charge in [0, 0.05) is 22.6 Å². The van der Waals surface area contributed by atoms with E-state index in [-0.39, 0.29) is 22.7 Å². The molecule has 1 aliphatic rings. The molecule has 1 saturated heterocycles. The molecule has 0 bridgehead atoms. The first-order valence-corrected chi connectivity index (χ1v) is 16.1. The lowest BCUT2D eigenvalue weighted by atomic mass is 10.1. The molecule has 4 aromatic rings. The number of thioether (sulfide) groups is 1. The minimum atomic E-state index is -3.91. The molecule has 4 N–H and O–H groups in total. The topological polar surface area (TPSA) is 156 Å². The molecule has 5 rings (SSSR count). The third-order valence-electron chi connectivity index (χ3n) is 6.84. The lowest BCUT2D eigenvalue weighted by Crippen LogP contribution is -2.31. The second-order valence-electron chi connectivity index (χ2n) is 10.2. The number of carbonyl (C=O) groups is 4. The Hall–Kier alpha value is -5.04. The Labute approximate surface area is 264 Å². The van der Waals surface area contributed by atoms with Gasteiger partial charge in [-0.25, -0.2) is 18.5 Å². The summed E-state index contributed by atoms with van der Waals surface area (Å²) < 4.78 is 23.1. The van der Waals surface area contributed by atoms with Crippen LogP contribution in [0.4, 0.5) is 11.4 Å². The van der Waals surface area contributed by atoms with Crippen molar-refractivity contribution in [3.8, 4) is 0 Å². The summed E-state index contributed by atoms with van der Waals surface area (Å²) in [5, 5.41) is 9.95. The van der Waals surface area contributed by atoms with E-state index in [2.05, 4.69) is 10.6 Å². The van der Waals surface area contributed by atoms with Crippen LogP contribution < -0.4 is 20.7 Å². The van der Waals surface area contributed by atoms with Gasteiger partial charge in [-0.2, -0.15) is 0 Å². The number of aryl methyl sites for hydroxylation is 1. The van der Waals surface area contributed by atoms with Crippen molar-refractivity contribution in [2.45, 2.75) is 28.4 Å². The predicted octanol–water partition coefficient (Wildman–Crippen LogP) is 4.48. The van der Waals surface area contributed by atoms with Crippen LogP contribution in [0.3, 0.4) is 0 Å². The molecule has 1 fully saturated rings. The Morgan fingerprint density at radius 3 is 2.16 bits per heavy atom. The fourth-order valence-electron chi connectivity index (χ4n) is 4.50. The molecule has 1 atom stereocenters. The van der Waals surface area contributed by atoms with Gasteiger partial charge in [-0.3, -0.25) is 19.2 Å². The summed E-state index contributed by atoms with van der Waals surface area (Å²) in [5.74, 6) is -1.79. The number of nitrogens with zero attached hydrogens (tertiary/aromatic N) is 1. The molecule has 4 aromatic carbocycles. The van der Waals surface area contributed by atoms with Crippen LogP contribution in [0.1, 0.15) is 27.9 Å². The minimum Gasteiger partial charge on any atom is -0.321 e. The van der Waals surface area contributed by atoms with Gasteiger partial charge in [-0.15, -0.1) is 11.8 Å². The molecule has 1 heterocycles. The molecule has 0 saturated carbocycles. The molecule has 0 radical (unpaired) electrons. The van der Waals surface area contributed by atoms with E-state index in [1.165, 1.54) is 36.0 Å². The average molecular weight is 641 g/mol. The number of primary sulfonamides is 1. The Bertz CT molecular complexity index is 1890. The molecule has 45 heavy (non-hydrogen) atoms. The van der Waals surface area contributed by atoms with Crippen molar-refractivity contribution in [1.29, 1.82) is 0 Å². The molecule has 1 aliphatic heterocycles. The average Bonchev–Trinajstić information content (AvgIpc) is 3.30. The van der Waals surface area contributed by atoms with Crippen LogP contribution in [0.25, 0.3) is 6.08 Å². The summed E-state index contributed by atoms with van der Waals surface area (Å²) >= 11 is 1.20. The Morgan fingerprint density at radius 2 is 1.53 bits per heavy atom. The van der Waals surface area contributed by atoms with E-state index in [4.69, 9.17) is 5.14 Å². The van der Waals surface area contributed by atoms with E-state index < -0.39 is 38.9 Å². The van der Waals surface area contributed by atoms with Crippen molar-refractivity contribution < 1.29 is 27.6 Å². The number of nitrogens with two attached hydrogens (primary N) is 1. The van der Waals surface area contributed by atoms with E-state index in [1.54, 1.807) is 60.7 Å². The van der Waals surface area contributed by atoms with Gasteiger partial charge in [0.25, 0.3) is 11.8 Å². The highest BCUT2D eigenvalue weighted by atomic mass is 32.2. The zero-order valence-corrected chi connectivity index (χ0v) is 25.6. The second kappa shape index (κ2) is 13.3. The lowest BCUT2D eigenvalue weighted by molar-refractivity contribution is -0.121. The van der Waals surface area contributed by atoms with E-state index >= 15 is 0 Å². The molecule has 1 unspecified atom stereocenters. The van der Waals surface area contributed by atoms with Gasteiger partial charge in [0.05, 0.1) is 15.8 Å². The lowest BCUT2D eigenvalue weighted by Gasteiger charge is -2.15. The zero-order valence-electron chi connectivity index (χ0n) is 24.0. The number of rotatable bonds is 9. The molecule has 10 nitrogen and oxygen atoms in total. The van der Waals surface area contributed by atoms with Crippen LogP contribution in [-0.2, 0) is 24.4 Å². The highest BCUT2D eigenvalue weighted by Gasteiger charge is 2.40. The monoisotopic (exact) mass is 640 g/mol. The van der Waals surface area contributed by atoms with Crippen LogP contribution in [0, 0.1) is 6.92 Å². The number of nitrogens with one attached hydrogen (secondary N) is 2. The third kappa shape index (κ3) is 7.73. The summed E-state index contributed by atoms with van der Waals surface area (Å²) in [4.78, 5) is 53.6. The largest absolute Gasteiger partial charge is 0.321 e. The van der Waals surface area contributed by atoms with E-state index in [0.717, 1.165) is 16.0 Å². The maximum Gasteiger partial charge on any atom is 0.272 e. The van der Waals surface area contributed by atoms with Crippen LogP contribution in [-0.4, -0.2) is 37.3 Å². The molecule has 0 aromatic heterocycles. The maximum absolute atomic E-state index is 13.3. The van der Waals surface area contributed by atoms with E-state index in [0.29, 0.717) is 16.1 Å². The SMILES string of the molecule is Cc1ccc(/C=C(\NC(=O)c2ccccc2)C(=O)Nc2ccc(SC3CC(=O)N(c4ccc(S(N)(=O)=O)cc4)C3=O)cc2)cc1. The van der Waals surface area contributed by atoms with Gasteiger partial charge in [-0.1, -0.05) is 48.0 Å². The van der Waals surface area contributed by atoms with Crippen molar-refractivity contribution in [2.75, 3.05) is 10.2 Å². The van der Waals surface area contributed by atoms with Crippen LogP contribution in [0.2, 0.25) is 0 Å². The van der Waals surface area contributed by atoms with Gasteiger partial charge in [0.1, 0.15) is 5.70 Å². The third-order valence-corrected chi connectivity index (χ3v) is 8.96. The summed E-state index contributed by atoms with van der Waals surface area (Å²) in [6.45, 7) is 1.95. The molecular weight excluding hydrogens is 613 g/mol. The smallest absolute Gasteiger partial charge is 0.272 e. The van der Waals surface area contributed by atoms with Gasteiger partial charge in [-0.05, 0) is 79.2 Å². The summed E-state index contributed by atoms with van der Waals surface area (Å²) in [7, 11) is -3.91. The standard InChI is InChI=1S/C33H28N4O6S2/c1-21-7-9-22(10-8-21)19-28(36-31(39)23-5-3-2-4-6-23)32(40)35-24-11-15-26(16-12-24)44-29-20-30(38)37(33(29)41)25-13-17-27(18-14-25)45(34,42)43/h2-19,29H,20H2,1H3,(H,35,40)(H,36,39)(H2,34,42,43)/b28-19-. The first-order chi connectivity index (χ1) is 21.5. The van der Waals surface area contributed by atoms with Gasteiger partial charge in [0.15, 0.2) is 0 Å². The number of hydrogen-bond acceptors (Lipinski definition) is 7. The van der Waals surface area contributed by atoms with Gasteiger partial charge in [0.2, 0.25) is 21.8 Å². The fraction of sp³-hybridized carbons (Fsp3) is 0.0909.